The number of methoxy groups -OCH3 is 2. The summed E-state index contributed by atoms with van der Waals surface area (Å²) in [5, 5.41) is 19.2. The van der Waals surface area contributed by atoms with Crippen LogP contribution in [0.5, 0.6) is 5.75 Å². The molecule has 1 aliphatic rings. The van der Waals surface area contributed by atoms with Crippen molar-refractivity contribution in [2.45, 2.75) is 5.92 Å². The molecule has 0 heterocycles. The fraction of sp³-hybridized carbons (Fsp3) is 0.238. The lowest BCUT2D eigenvalue weighted by molar-refractivity contribution is 0.0600. The van der Waals surface area contributed by atoms with E-state index in [1.807, 2.05) is 12.1 Å². The molecule has 2 unspecified atom stereocenters. The zero-order chi connectivity index (χ0) is 19.6. The molecule has 6 nitrogen and oxygen atoms in total. The molecule has 0 saturated heterocycles. The van der Waals surface area contributed by atoms with E-state index in [2.05, 4.69) is 4.74 Å². The molecule has 2 atom stereocenters. The molecule has 27 heavy (non-hydrogen) atoms. The number of esters is 1. The van der Waals surface area contributed by atoms with Gasteiger partial charge in [0, 0.05) is 11.5 Å². The lowest BCUT2D eigenvalue weighted by Gasteiger charge is -2.04. The third kappa shape index (κ3) is 2.92. The van der Waals surface area contributed by atoms with Gasteiger partial charge in [-0.2, -0.15) is 10.5 Å². The van der Waals surface area contributed by atoms with Crippen molar-refractivity contribution in [3.63, 3.8) is 0 Å². The van der Waals surface area contributed by atoms with Crippen LogP contribution < -0.4 is 4.74 Å². The summed E-state index contributed by atoms with van der Waals surface area (Å²) in [6, 6.07) is 17.1. The van der Waals surface area contributed by atoms with Gasteiger partial charge in [0.05, 0.1) is 37.8 Å². The maximum absolute atomic E-state index is 13.0. The molecule has 134 valence electrons. The van der Waals surface area contributed by atoms with Crippen LogP contribution >= 0.6 is 0 Å². The molecule has 1 fully saturated rings. The molecule has 0 radical (unpaired) electrons. The Kier molecular flexibility index (Phi) is 4.66. The number of ether oxygens (including phenoxy) is 2. The van der Waals surface area contributed by atoms with Crippen LogP contribution in [0.15, 0.2) is 48.5 Å². The Bertz CT molecular complexity index is 968. The average Bonchev–Trinajstić information content (AvgIpc) is 3.42. The first-order valence-electron chi connectivity index (χ1n) is 8.21. The topological polar surface area (TPSA) is 100 Å². The van der Waals surface area contributed by atoms with E-state index < -0.39 is 23.2 Å². The molecule has 2 aromatic carbocycles. The number of nitrogens with zero attached hydrogens (tertiary/aromatic N) is 2. The van der Waals surface area contributed by atoms with Crippen molar-refractivity contribution in [3.05, 3.63) is 65.2 Å². The number of carbonyl (C=O) groups excluding carboxylic acids is 2. The predicted octanol–water partition coefficient (Wildman–Crippen LogP) is 3.11. The van der Waals surface area contributed by atoms with E-state index >= 15 is 0 Å². The SMILES string of the molecule is COC(=O)c1ccc(C2C(C(=O)c3cccc(OC)c3)C2(C#N)C#N)cc1. The largest absolute Gasteiger partial charge is 0.497 e. The highest BCUT2D eigenvalue weighted by atomic mass is 16.5. The first-order valence-corrected chi connectivity index (χ1v) is 8.21. The van der Waals surface area contributed by atoms with Gasteiger partial charge in [-0.3, -0.25) is 4.79 Å². The minimum atomic E-state index is -1.42. The summed E-state index contributed by atoms with van der Waals surface area (Å²) < 4.78 is 9.81. The maximum Gasteiger partial charge on any atom is 0.337 e. The lowest BCUT2D eigenvalue weighted by Crippen LogP contribution is -2.08. The van der Waals surface area contributed by atoms with Crippen LogP contribution in [0.3, 0.4) is 0 Å². The van der Waals surface area contributed by atoms with Gasteiger partial charge in [-0.15, -0.1) is 0 Å². The second-order valence-corrected chi connectivity index (χ2v) is 6.26. The Hall–Kier alpha value is -3.64. The molecule has 0 spiro atoms. The van der Waals surface area contributed by atoms with Crippen LogP contribution in [0.4, 0.5) is 0 Å². The summed E-state index contributed by atoms with van der Waals surface area (Å²) in [4.78, 5) is 24.6. The van der Waals surface area contributed by atoms with Crippen LogP contribution in [0, 0.1) is 34.0 Å². The van der Waals surface area contributed by atoms with Gasteiger partial charge in [0.15, 0.2) is 11.2 Å². The number of ketones is 1. The van der Waals surface area contributed by atoms with Gasteiger partial charge < -0.3 is 9.47 Å². The number of carbonyl (C=O) groups is 2. The molecular formula is C21H16N2O4. The van der Waals surface area contributed by atoms with E-state index in [-0.39, 0.29) is 5.78 Å². The van der Waals surface area contributed by atoms with E-state index in [1.165, 1.54) is 14.2 Å². The van der Waals surface area contributed by atoms with Crippen molar-refractivity contribution >= 4 is 11.8 Å². The van der Waals surface area contributed by atoms with E-state index in [9.17, 15) is 20.1 Å². The van der Waals surface area contributed by atoms with Gasteiger partial charge in [-0.1, -0.05) is 24.3 Å². The van der Waals surface area contributed by atoms with Crippen LogP contribution in [0.1, 0.15) is 32.2 Å². The molecule has 0 bridgehead atoms. The minimum Gasteiger partial charge on any atom is -0.497 e. The molecule has 3 rings (SSSR count). The van der Waals surface area contributed by atoms with Gasteiger partial charge >= 0.3 is 5.97 Å². The Morgan fingerprint density at radius 1 is 1.00 bits per heavy atom. The number of nitriles is 2. The highest BCUT2D eigenvalue weighted by Gasteiger charge is 2.70. The van der Waals surface area contributed by atoms with E-state index in [4.69, 9.17) is 4.74 Å². The summed E-state index contributed by atoms with van der Waals surface area (Å²) in [6.45, 7) is 0. The number of Topliss-reactive ketones (excluding diaryl/α,β-unsaturated/α-hetero) is 1. The van der Waals surface area contributed by atoms with Gasteiger partial charge in [0.25, 0.3) is 0 Å². The molecule has 0 amide bonds. The minimum absolute atomic E-state index is 0.279. The van der Waals surface area contributed by atoms with Crippen molar-refractivity contribution in [1.82, 2.24) is 0 Å². The summed E-state index contributed by atoms with van der Waals surface area (Å²) in [6.07, 6.45) is 0. The summed E-state index contributed by atoms with van der Waals surface area (Å²) in [5.74, 6) is -1.56. The number of hydrogen-bond donors (Lipinski definition) is 0. The Labute approximate surface area is 156 Å². The molecule has 1 aliphatic carbocycles. The standard InChI is InChI=1S/C21H16N2O4/c1-26-16-5-3-4-15(10-16)19(24)18-17(21(18,11-22)12-23)13-6-8-14(9-7-13)20(25)27-2/h3-10,17-18H,1-2H3. The quantitative estimate of drug-likeness (QED) is 0.600. The molecule has 2 aromatic rings. The van der Waals surface area contributed by atoms with Crippen molar-refractivity contribution in [2.75, 3.05) is 14.2 Å². The fourth-order valence-electron chi connectivity index (χ4n) is 3.40. The maximum atomic E-state index is 13.0. The fourth-order valence-corrected chi connectivity index (χ4v) is 3.40. The van der Waals surface area contributed by atoms with Gasteiger partial charge in [0.2, 0.25) is 0 Å². The number of rotatable bonds is 5. The zero-order valence-corrected chi connectivity index (χ0v) is 14.8. The predicted molar refractivity (Wildman–Crippen MR) is 95.0 cm³/mol. The van der Waals surface area contributed by atoms with E-state index in [1.54, 1.807) is 48.5 Å². The van der Waals surface area contributed by atoms with Crippen molar-refractivity contribution in [2.24, 2.45) is 11.3 Å². The molecule has 0 N–H and O–H groups in total. The highest BCUT2D eigenvalue weighted by Crippen LogP contribution is 2.65. The second kappa shape index (κ2) is 6.93. The van der Waals surface area contributed by atoms with Crippen molar-refractivity contribution < 1.29 is 19.1 Å². The Morgan fingerprint density at radius 2 is 1.67 bits per heavy atom. The molecule has 0 aromatic heterocycles. The first-order chi connectivity index (χ1) is 13.0. The Balaban J connectivity index is 1.95. The van der Waals surface area contributed by atoms with Crippen molar-refractivity contribution in [3.8, 4) is 17.9 Å². The molecule has 0 aliphatic heterocycles. The third-order valence-corrected chi connectivity index (χ3v) is 4.90. The van der Waals surface area contributed by atoms with E-state index in [0.717, 1.165) is 0 Å². The Morgan fingerprint density at radius 3 is 2.22 bits per heavy atom. The monoisotopic (exact) mass is 360 g/mol. The van der Waals surface area contributed by atoms with Gasteiger partial charge in [-0.25, -0.2) is 4.79 Å². The molecular weight excluding hydrogens is 344 g/mol. The van der Waals surface area contributed by atoms with Crippen LogP contribution in [0.25, 0.3) is 0 Å². The van der Waals surface area contributed by atoms with Crippen LogP contribution in [-0.2, 0) is 4.74 Å². The molecule has 1 saturated carbocycles. The normalized spacial score (nSPS) is 19.3. The zero-order valence-electron chi connectivity index (χ0n) is 14.8. The molecule has 6 heteroatoms. The third-order valence-electron chi connectivity index (χ3n) is 4.90. The highest BCUT2D eigenvalue weighted by molar-refractivity contribution is 6.03. The van der Waals surface area contributed by atoms with Crippen LogP contribution in [-0.4, -0.2) is 26.0 Å². The van der Waals surface area contributed by atoms with Gasteiger partial charge in [-0.05, 0) is 29.8 Å². The van der Waals surface area contributed by atoms with Crippen LogP contribution in [0.2, 0.25) is 0 Å². The summed E-state index contributed by atoms with van der Waals surface area (Å²) >= 11 is 0. The lowest BCUT2D eigenvalue weighted by atomic mass is 10.0. The average molecular weight is 360 g/mol. The summed E-state index contributed by atoms with van der Waals surface area (Å²) in [7, 11) is 2.79. The van der Waals surface area contributed by atoms with E-state index in [0.29, 0.717) is 22.4 Å². The number of benzene rings is 2. The van der Waals surface area contributed by atoms with Crippen molar-refractivity contribution in [1.29, 1.82) is 10.5 Å². The second-order valence-electron chi connectivity index (χ2n) is 6.26. The first kappa shape index (κ1) is 18.2. The number of hydrogen-bond acceptors (Lipinski definition) is 6. The summed E-state index contributed by atoms with van der Waals surface area (Å²) in [5.41, 5.74) is -0.0144. The smallest absolute Gasteiger partial charge is 0.337 e. The van der Waals surface area contributed by atoms with Gasteiger partial charge in [0.1, 0.15) is 5.75 Å².